The number of hydrogen-bond acceptors (Lipinski definition) is 6. The molecule has 1 aliphatic carbocycles. The molecule has 0 aromatic carbocycles. The van der Waals surface area contributed by atoms with Gasteiger partial charge in [-0.3, -0.25) is 14.9 Å². The summed E-state index contributed by atoms with van der Waals surface area (Å²) >= 11 is 0. The zero-order chi connectivity index (χ0) is 15.4. The lowest BCUT2D eigenvalue weighted by atomic mass is 9.86. The highest BCUT2D eigenvalue weighted by atomic mass is 16.6. The molecule has 8 nitrogen and oxygen atoms in total. The summed E-state index contributed by atoms with van der Waals surface area (Å²) in [5.74, 6) is -0.674. The smallest absolute Gasteiger partial charge is 0.306 e. The number of rotatable bonds is 4. The van der Waals surface area contributed by atoms with Crippen LogP contribution in [0.4, 0.5) is 11.5 Å². The summed E-state index contributed by atoms with van der Waals surface area (Å²) in [6.07, 6.45) is 2.56. The maximum absolute atomic E-state index is 10.9. The number of carbonyl (C=O) groups is 1. The lowest BCUT2D eigenvalue weighted by Crippen LogP contribution is -2.29. The van der Waals surface area contributed by atoms with Gasteiger partial charge in [0.25, 0.3) is 0 Å². The second kappa shape index (κ2) is 6.17. The summed E-state index contributed by atoms with van der Waals surface area (Å²) in [5.41, 5.74) is -0.554. The molecule has 2 rings (SSSR count). The van der Waals surface area contributed by atoms with Gasteiger partial charge >= 0.3 is 11.7 Å². The normalized spacial score (nSPS) is 21.3. The minimum absolute atomic E-state index is 0.0705. The Kier molecular flexibility index (Phi) is 4.33. The highest BCUT2D eigenvalue weighted by Gasteiger charge is 2.26. The van der Waals surface area contributed by atoms with Gasteiger partial charge in [-0.05, 0) is 31.7 Å². The number of nitrogens with one attached hydrogen (secondary N) is 1. The Morgan fingerprint density at radius 3 is 2.62 bits per heavy atom. The summed E-state index contributed by atoms with van der Waals surface area (Å²) in [6.45, 7) is 0. The molecule has 2 N–H and O–H groups in total. The van der Waals surface area contributed by atoms with E-state index in [0.29, 0.717) is 31.5 Å². The van der Waals surface area contributed by atoms with E-state index in [1.807, 2.05) is 0 Å². The highest BCUT2D eigenvalue weighted by molar-refractivity contribution is 5.70. The van der Waals surface area contributed by atoms with Crippen molar-refractivity contribution in [3.63, 3.8) is 0 Å². The van der Waals surface area contributed by atoms with Crippen molar-refractivity contribution in [1.82, 2.24) is 4.98 Å². The Balaban J connectivity index is 2.03. The minimum Gasteiger partial charge on any atom is -0.481 e. The first-order valence-corrected chi connectivity index (χ1v) is 6.56. The first-order valence-electron chi connectivity index (χ1n) is 6.56. The number of carboxylic acids is 1. The maximum atomic E-state index is 10.9. The lowest BCUT2D eigenvalue weighted by molar-refractivity contribution is -0.385. The van der Waals surface area contributed by atoms with Crippen molar-refractivity contribution in [2.75, 3.05) is 5.32 Å². The van der Waals surface area contributed by atoms with Crippen molar-refractivity contribution >= 4 is 17.5 Å². The van der Waals surface area contributed by atoms with Crippen LogP contribution in [-0.2, 0) is 4.79 Å². The predicted molar refractivity (Wildman–Crippen MR) is 72.6 cm³/mol. The summed E-state index contributed by atoms with van der Waals surface area (Å²) < 4.78 is 0. The number of pyridine rings is 1. The highest BCUT2D eigenvalue weighted by Crippen LogP contribution is 2.27. The molecule has 0 aliphatic heterocycles. The molecule has 0 saturated heterocycles. The van der Waals surface area contributed by atoms with E-state index in [0.717, 1.165) is 0 Å². The van der Waals surface area contributed by atoms with Crippen LogP contribution < -0.4 is 5.32 Å². The second-order valence-electron chi connectivity index (χ2n) is 4.96. The van der Waals surface area contributed by atoms with E-state index in [9.17, 15) is 14.9 Å². The third-order valence-electron chi connectivity index (χ3n) is 3.60. The van der Waals surface area contributed by atoms with E-state index in [1.165, 1.54) is 12.1 Å². The van der Waals surface area contributed by atoms with Crippen molar-refractivity contribution in [2.45, 2.75) is 31.7 Å². The zero-order valence-corrected chi connectivity index (χ0v) is 11.2. The molecule has 1 heterocycles. The Bertz CT molecular complexity index is 603. The first-order chi connectivity index (χ1) is 10.0. The molecule has 1 saturated carbocycles. The van der Waals surface area contributed by atoms with Crippen LogP contribution in [0.15, 0.2) is 12.1 Å². The number of carboxylic acid groups (broad SMARTS) is 1. The molecule has 0 spiro atoms. The van der Waals surface area contributed by atoms with Crippen LogP contribution in [0.1, 0.15) is 31.4 Å². The standard InChI is InChI=1S/C13H14N4O4/c14-7-10-11(17(20)21)5-6-12(16-10)15-9-3-1-8(2-4-9)13(18)19/h5-6,8-9H,1-4H2,(H,15,16)(H,18,19). The molecule has 1 aromatic rings. The number of aliphatic carboxylic acids is 1. The second-order valence-corrected chi connectivity index (χ2v) is 4.96. The number of nitrogens with zero attached hydrogens (tertiary/aromatic N) is 3. The third-order valence-corrected chi connectivity index (χ3v) is 3.60. The van der Waals surface area contributed by atoms with Gasteiger partial charge in [0.2, 0.25) is 5.69 Å². The fourth-order valence-corrected chi connectivity index (χ4v) is 2.46. The molecular weight excluding hydrogens is 276 g/mol. The Labute approximate surface area is 120 Å². The summed E-state index contributed by atoms with van der Waals surface area (Å²) in [4.78, 5) is 24.9. The molecule has 110 valence electrons. The Morgan fingerprint density at radius 2 is 2.10 bits per heavy atom. The van der Waals surface area contributed by atoms with Gasteiger partial charge in [0.1, 0.15) is 11.9 Å². The molecule has 0 bridgehead atoms. The molecule has 1 fully saturated rings. The topological polar surface area (TPSA) is 129 Å². The van der Waals surface area contributed by atoms with Gasteiger partial charge in [0, 0.05) is 12.1 Å². The molecule has 0 atom stereocenters. The van der Waals surface area contributed by atoms with Gasteiger partial charge in [-0.1, -0.05) is 0 Å². The van der Waals surface area contributed by atoms with Crippen LogP contribution in [-0.4, -0.2) is 27.0 Å². The molecule has 0 amide bonds. The summed E-state index contributed by atoms with van der Waals surface area (Å²) in [6, 6.07) is 4.48. The average molecular weight is 290 g/mol. The Hall–Kier alpha value is -2.69. The summed E-state index contributed by atoms with van der Waals surface area (Å²) in [7, 11) is 0. The third kappa shape index (κ3) is 3.45. The van der Waals surface area contributed by atoms with Crippen LogP contribution >= 0.6 is 0 Å². The molecular formula is C13H14N4O4. The van der Waals surface area contributed by atoms with Crippen molar-refractivity contribution in [2.24, 2.45) is 5.92 Å². The van der Waals surface area contributed by atoms with Crippen molar-refractivity contribution < 1.29 is 14.8 Å². The van der Waals surface area contributed by atoms with Gasteiger partial charge in [-0.25, -0.2) is 4.98 Å². The van der Waals surface area contributed by atoms with Crippen molar-refractivity contribution in [3.05, 3.63) is 27.9 Å². The van der Waals surface area contributed by atoms with E-state index in [2.05, 4.69) is 10.3 Å². The fraction of sp³-hybridized carbons (Fsp3) is 0.462. The largest absolute Gasteiger partial charge is 0.481 e. The molecule has 1 aliphatic rings. The van der Waals surface area contributed by atoms with Crippen molar-refractivity contribution in [3.8, 4) is 6.07 Å². The van der Waals surface area contributed by atoms with E-state index >= 15 is 0 Å². The molecule has 0 unspecified atom stereocenters. The van der Waals surface area contributed by atoms with Gasteiger partial charge in [0.05, 0.1) is 10.8 Å². The molecule has 21 heavy (non-hydrogen) atoms. The number of hydrogen-bond donors (Lipinski definition) is 2. The van der Waals surface area contributed by atoms with E-state index < -0.39 is 10.9 Å². The van der Waals surface area contributed by atoms with Gasteiger partial charge in [-0.15, -0.1) is 0 Å². The fourth-order valence-electron chi connectivity index (χ4n) is 2.46. The maximum Gasteiger partial charge on any atom is 0.306 e. The quantitative estimate of drug-likeness (QED) is 0.640. The number of anilines is 1. The number of nitriles is 1. The number of nitro groups is 1. The van der Waals surface area contributed by atoms with Crippen LogP contribution in [0.3, 0.4) is 0 Å². The average Bonchev–Trinajstić information content (AvgIpc) is 2.47. The van der Waals surface area contributed by atoms with Crippen molar-refractivity contribution in [1.29, 1.82) is 5.26 Å². The zero-order valence-electron chi connectivity index (χ0n) is 11.2. The van der Waals surface area contributed by atoms with Gasteiger partial charge in [-0.2, -0.15) is 5.26 Å². The van der Waals surface area contributed by atoms with Gasteiger partial charge < -0.3 is 10.4 Å². The first kappa shape index (κ1) is 14.7. The SMILES string of the molecule is N#Cc1nc(NC2CCC(C(=O)O)CC2)ccc1[N+](=O)[O-]. The number of aromatic nitrogens is 1. The van der Waals surface area contributed by atoms with Gasteiger partial charge in [0.15, 0.2) is 0 Å². The molecule has 0 radical (unpaired) electrons. The lowest BCUT2D eigenvalue weighted by Gasteiger charge is -2.27. The van der Waals surface area contributed by atoms with Crippen LogP contribution in [0, 0.1) is 27.4 Å². The van der Waals surface area contributed by atoms with E-state index in [1.54, 1.807) is 6.07 Å². The minimum atomic E-state index is -0.770. The van der Waals surface area contributed by atoms with Crippen LogP contribution in [0.5, 0.6) is 0 Å². The van der Waals surface area contributed by atoms with E-state index in [-0.39, 0.29) is 23.3 Å². The van der Waals surface area contributed by atoms with E-state index in [4.69, 9.17) is 10.4 Å². The predicted octanol–water partition coefficient (Wildman–Crippen LogP) is 1.92. The monoisotopic (exact) mass is 290 g/mol. The molecule has 1 aromatic heterocycles. The van der Waals surface area contributed by atoms with Crippen LogP contribution in [0.2, 0.25) is 0 Å². The van der Waals surface area contributed by atoms with Crippen LogP contribution in [0.25, 0.3) is 0 Å². The summed E-state index contributed by atoms with van der Waals surface area (Å²) in [5, 5.41) is 31.6. The Morgan fingerprint density at radius 1 is 1.43 bits per heavy atom. The molecule has 8 heteroatoms.